The van der Waals surface area contributed by atoms with E-state index in [4.69, 9.17) is 0 Å². The zero-order chi connectivity index (χ0) is 18.1. The van der Waals surface area contributed by atoms with Crippen LogP contribution in [0.2, 0.25) is 0 Å². The number of carbonyl (C=O) groups excluding carboxylic acids is 1. The average molecular weight is 366 g/mol. The Kier molecular flexibility index (Phi) is 4.61. The van der Waals surface area contributed by atoms with Crippen molar-refractivity contribution < 1.29 is 4.79 Å². The third-order valence-corrected chi connectivity index (χ3v) is 5.97. The molecule has 1 aliphatic rings. The van der Waals surface area contributed by atoms with Crippen LogP contribution in [0.25, 0.3) is 10.6 Å². The van der Waals surface area contributed by atoms with Gasteiger partial charge in [0.25, 0.3) is 5.91 Å². The van der Waals surface area contributed by atoms with Crippen molar-refractivity contribution in [2.75, 3.05) is 20.6 Å². The second-order valence-electron chi connectivity index (χ2n) is 6.86. The Bertz CT molecular complexity index is 902. The summed E-state index contributed by atoms with van der Waals surface area (Å²) in [6.45, 7) is 1.62. The van der Waals surface area contributed by atoms with Gasteiger partial charge in [-0.05, 0) is 36.0 Å². The van der Waals surface area contributed by atoms with E-state index in [0.29, 0.717) is 18.2 Å². The number of hydrogen-bond acceptors (Lipinski definition) is 4. The maximum Gasteiger partial charge on any atom is 0.257 e. The van der Waals surface area contributed by atoms with Crippen LogP contribution in [-0.4, -0.2) is 52.6 Å². The van der Waals surface area contributed by atoms with E-state index in [1.54, 1.807) is 17.5 Å². The third kappa shape index (κ3) is 3.18. The Balaban J connectivity index is 1.50. The molecule has 0 aliphatic carbocycles. The zero-order valence-electron chi connectivity index (χ0n) is 15.0. The molecular weight excluding hydrogens is 344 g/mol. The summed E-state index contributed by atoms with van der Waals surface area (Å²) in [5.41, 5.74) is 4.21. The van der Waals surface area contributed by atoms with Crippen LogP contribution >= 0.6 is 11.3 Å². The third-order valence-electron chi connectivity index (χ3n) is 5.09. The summed E-state index contributed by atoms with van der Waals surface area (Å²) in [6, 6.07) is 12.9. The van der Waals surface area contributed by atoms with Gasteiger partial charge in [-0.2, -0.15) is 5.10 Å². The highest BCUT2D eigenvalue weighted by Crippen LogP contribution is 2.27. The Morgan fingerprint density at radius 2 is 2.12 bits per heavy atom. The Hall–Kier alpha value is -2.44. The van der Waals surface area contributed by atoms with E-state index in [1.807, 2.05) is 29.5 Å². The van der Waals surface area contributed by atoms with Crippen LogP contribution in [0.5, 0.6) is 0 Å². The number of thiophene rings is 1. The van der Waals surface area contributed by atoms with E-state index in [0.717, 1.165) is 23.5 Å². The number of nitrogens with zero attached hydrogens (tertiary/aromatic N) is 3. The SMILES string of the molecule is CN(CC1Cc2ccccc2CN1C)C(=O)c1cn[nH]c1-c1cccs1. The Labute approximate surface area is 157 Å². The lowest BCUT2D eigenvalue weighted by Crippen LogP contribution is -2.46. The number of likely N-dealkylation sites (N-methyl/N-ethyl adjacent to an activating group) is 2. The van der Waals surface area contributed by atoms with Crippen molar-refractivity contribution in [1.82, 2.24) is 20.0 Å². The highest BCUT2D eigenvalue weighted by atomic mass is 32.1. The Morgan fingerprint density at radius 3 is 2.88 bits per heavy atom. The van der Waals surface area contributed by atoms with E-state index in [-0.39, 0.29) is 5.91 Å². The lowest BCUT2D eigenvalue weighted by atomic mass is 9.94. The number of rotatable bonds is 4. The summed E-state index contributed by atoms with van der Waals surface area (Å²) in [5, 5.41) is 9.07. The Morgan fingerprint density at radius 1 is 1.31 bits per heavy atom. The molecule has 2 aromatic heterocycles. The van der Waals surface area contributed by atoms with E-state index in [2.05, 4.69) is 46.4 Å². The molecule has 0 fully saturated rings. The quantitative estimate of drug-likeness (QED) is 0.771. The number of nitrogens with one attached hydrogen (secondary N) is 1. The van der Waals surface area contributed by atoms with Gasteiger partial charge in [-0.1, -0.05) is 30.3 Å². The molecule has 4 rings (SSSR count). The minimum Gasteiger partial charge on any atom is -0.340 e. The highest BCUT2D eigenvalue weighted by molar-refractivity contribution is 7.13. The summed E-state index contributed by atoms with van der Waals surface area (Å²) in [5.74, 6) is 0.00871. The van der Waals surface area contributed by atoms with E-state index in [1.165, 1.54) is 11.1 Å². The van der Waals surface area contributed by atoms with E-state index in [9.17, 15) is 4.79 Å². The first kappa shape index (κ1) is 17.0. The molecule has 0 bridgehead atoms. The second kappa shape index (κ2) is 7.05. The number of amides is 1. The molecule has 6 heteroatoms. The fraction of sp³-hybridized carbons (Fsp3) is 0.300. The number of H-pyrrole nitrogens is 1. The van der Waals surface area contributed by atoms with Gasteiger partial charge in [0.1, 0.15) is 0 Å². The van der Waals surface area contributed by atoms with Gasteiger partial charge in [0.2, 0.25) is 0 Å². The summed E-state index contributed by atoms with van der Waals surface area (Å²) in [7, 11) is 4.01. The first-order chi connectivity index (χ1) is 12.6. The monoisotopic (exact) mass is 366 g/mol. The molecule has 1 atom stereocenters. The van der Waals surface area contributed by atoms with Crippen molar-refractivity contribution in [3.63, 3.8) is 0 Å². The van der Waals surface area contributed by atoms with Crippen molar-refractivity contribution in [2.24, 2.45) is 0 Å². The standard InChI is InChI=1S/C20H22N4OS/c1-23-12-15-7-4-3-6-14(15)10-16(23)13-24(2)20(25)17-11-21-22-19(17)18-8-5-9-26-18/h3-9,11,16H,10,12-13H2,1-2H3,(H,21,22). The van der Waals surface area contributed by atoms with Gasteiger partial charge in [-0.15, -0.1) is 11.3 Å². The maximum atomic E-state index is 13.0. The predicted molar refractivity (Wildman–Crippen MR) is 104 cm³/mol. The molecule has 1 unspecified atom stereocenters. The minimum absolute atomic E-state index is 0.00871. The van der Waals surface area contributed by atoms with E-state index < -0.39 is 0 Å². The molecule has 3 aromatic rings. The molecule has 0 saturated carbocycles. The summed E-state index contributed by atoms with van der Waals surface area (Å²) in [6.07, 6.45) is 2.60. The van der Waals surface area contributed by atoms with Crippen LogP contribution in [0.3, 0.4) is 0 Å². The van der Waals surface area contributed by atoms with Crippen molar-refractivity contribution in [3.8, 4) is 10.6 Å². The van der Waals surface area contributed by atoms with Gasteiger partial charge in [0.15, 0.2) is 0 Å². The lowest BCUT2D eigenvalue weighted by Gasteiger charge is -2.36. The normalized spacial score (nSPS) is 17.1. The fourth-order valence-corrected chi connectivity index (χ4v) is 4.32. The topological polar surface area (TPSA) is 52.2 Å². The van der Waals surface area contributed by atoms with Crippen LogP contribution < -0.4 is 0 Å². The van der Waals surface area contributed by atoms with Crippen LogP contribution in [0, 0.1) is 0 Å². The van der Waals surface area contributed by atoms with Gasteiger partial charge >= 0.3 is 0 Å². The minimum atomic E-state index is 0.00871. The molecule has 0 spiro atoms. The van der Waals surface area contributed by atoms with Gasteiger partial charge in [0.05, 0.1) is 22.3 Å². The number of fused-ring (bicyclic) bond motifs is 1. The smallest absolute Gasteiger partial charge is 0.257 e. The van der Waals surface area contributed by atoms with E-state index >= 15 is 0 Å². The molecule has 3 heterocycles. The van der Waals surface area contributed by atoms with Crippen molar-refractivity contribution >= 4 is 17.2 Å². The first-order valence-electron chi connectivity index (χ1n) is 8.73. The lowest BCUT2D eigenvalue weighted by molar-refractivity contribution is 0.0734. The summed E-state index contributed by atoms with van der Waals surface area (Å²) >= 11 is 1.60. The predicted octanol–water partition coefficient (Wildman–Crippen LogP) is 3.27. The average Bonchev–Trinajstić information content (AvgIpc) is 3.32. The van der Waals surface area contributed by atoms with Crippen LogP contribution in [0.4, 0.5) is 0 Å². The highest BCUT2D eigenvalue weighted by Gasteiger charge is 2.27. The molecule has 1 aliphatic heterocycles. The molecule has 1 N–H and O–H groups in total. The molecule has 0 saturated heterocycles. The van der Waals surface area contributed by atoms with Gasteiger partial charge in [0, 0.05) is 26.2 Å². The summed E-state index contributed by atoms with van der Waals surface area (Å²) < 4.78 is 0. The molecule has 26 heavy (non-hydrogen) atoms. The van der Waals surface area contributed by atoms with Crippen molar-refractivity contribution in [1.29, 1.82) is 0 Å². The van der Waals surface area contributed by atoms with Gasteiger partial charge in [-0.3, -0.25) is 14.8 Å². The molecule has 1 aromatic carbocycles. The maximum absolute atomic E-state index is 13.0. The number of benzene rings is 1. The largest absolute Gasteiger partial charge is 0.340 e. The van der Waals surface area contributed by atoms with Gasteiger partial charge in [-0.25, -0.2) is 0 Å². The molecule has 1 amide bonds. The fourth-order valence-electron chi connectivity index (χ4n) is 3.58. The molecular formula is C20H22N4OS. The molecule has 5 nitrogen and oxygen atoms in total. The molecule has 134 valence electrons. The van der Waals surface area contributed by atoms with Crippen LogP contribution in [-0.2, 0) is 13.0 Å². The van der Waals surface area contributed by atoms with Gasteiger partial charge < -0.3 is 4.90 Å². The van der Waals surface area contributed by atoms with Crippen molar-refractivity contribution in [2.45, 2.75) is 19.0 Å². The second-order valence-corrected chi connectivity index (χ2v) is 7.81. The van der Waals surface area contributed by atoms with Crippen LogP contribution in [0.1, 0.15) is 21.5 Å². The van der Waals surface area contributed by atoms with Crippen molar-refractivity contribution in [3.05, 3.63) is 64.7 Å². The number of carbonyl (C=O) groups is 1. The van der Waals surface area contributed by atoms with Crippen LogP contribution in [0.15, 0.2) is 48.0 Å². The summed E-state index contributed by atoms with van der Waals surface area (Å²) in [4.78, 5) is 18.2. The number of aromatic nitrogens is 2. The first-order valence-corrected chi connectivity index (χ1v) is 9.61. The zero-order valence-corrected chi connectivity index (χ0v) is 15.8. The number of hydrogen-bond donors (Lipinski definition) is 1. The number of aromatic amines is 1. The molecule has 0 radical (unpaired) electrons.